The summed E-state index contributed by atoms with van der Waals surface area (Å²) >= 11 is 0. The maximum Gasteiger partial charge on any atom is 0.147 e. The van der Waals surface area contributed by atoms with Crippen LogP contribution in [0, 0.1) is 19.7 Å². The van der Waals surface area contributed by atoms with E-state index in [4.69, 9.17) is 9.72 Å². The highest BCUT2D eigenvalue weighted by atomic mass is 19.1. The molecule has 0 radical (unpaired) electrons. The number of pyridine rings is 2. The van der Waals surface area contributed by atoms with Crippen molar-refractivity contribution < 1.29 is 9.13 Å². The number of rotatable bonds is 3. The van der Waals surface area contributed by atoms with Crippen molar-refractivity contribution in [1.29, 1.82) is 0 Å². The molecule has 4 heterocycles. The number of benzene rings is 1. The van der Waals surface area contributed by atoms with Gasteiger partial charge in [-0.05, 0) is 49.2 Å². The molecule has 0 atom stereocenters. The first-order chi connectivity index (χ1) is 14.6. The van der Waals surface area contributed by atoms with E-state index in [1.807, 2.05) is 36.7 Å². The zero-order chi connectivity index (χ0) is 20.7. The lowest BCUT2D eigenvalue weighted by Gasteiger charge is -2.28. The van der Waals surface area contributed by atoms with Crippen LogP contribution in [0.3, 0.4) is 0 Å². The van der Waals surface area contributed by atoms with Gasteiger partial charge in [-0.2, -0.15) is 0 Å². The van der Waals surface area contributed by atoms with Crippen LogP contribution in [-0.4, -0.2) is 45.8 Å². The number of nitrogens with zero attached hydrogens (tertiary/aromatic N) is 5. The van der Waals surface area contributed by atoms with Gasteiger partial charge in [0.2, 0.25) is 0 Å². The Bertz CT molecular complexity index is 1230. The van der Waals surface area contributed by atoms with Gasteiger partial charge in [-0.3, -0.25) is 9.55 Å². The van der Waals surface area contributed by atoms with E-state index in [1.165, 1.54) is 6.07 Å². The van der Waals surface area contributed by atoms with E-state index >= 15 is 0 Å². The lowest BCUT2D eigenvalue weighted by atomic mass is 10.1. The van der Waals surface area contributed by atoms with Gasteiger partial charge in [0.05, 0.1) is 36.1 Å². The normalized spacial score (nSPS) is 14.4. The van der Waals surface area contributed by atoms with Gasteiger partial charge < -0.3 is 9.64 Å². The minimum Gasteiger partial charge on any atom is -0.378 e. The molecule has 4 aromatic rings. The maximum atomic E-state index is 14.9. The highest BCUT2D eigenvalue weighted by Gasteiger charge is 2.20. The SMILES string of the molecule is Cc1ccc(-n2c(-c3cnc(N4CCOCC4)cc3C)nc3ccncc32)c(F)c1. The van der Waals surface area contributed by atoms with Crippen LogP contribution >= 0.6 is 0 Å². The molecule has 0 bridgehead atoms. The van der Waals surface area contributed by atoms with Gasteiger partial charge in [0.25, 0.3) is 0 Å². The third-order valence-corrected chi connectivity index (χ3v) is 5.47. The molecule has 1 fully saturated rings. The number of hydrogen-bond acceptors (Lipinski definition) is 5. The summed E-state index contributed by atoms with van der Waals surface area (Å²) in [5.41, 5.74) is 4.73. The van der Waals surface area contributed by atoms with E-state index in [0.29, 0.717) is 24.7 Å². The molecule has 0 saturated carbocycles. The Morgan fingerprint density at radius 3 is 2.63 bits per heavy atom. The molecule has 6 nitrogen and oxygen atoms in total. The average Bonchev–Trinajstić information content (AvgIpc) is 3.13. The molecule has 30 heavy (non-hydrogen) atoms. The summed E-state index contributed by atoms with van der Waals surface area (Å²) in [4.78, 5) is 15.9. The van der Waals surface area contributed by atoms with Crippen molar-refractivity contribution >= 4 is 16.9 Å². The molecular formula is C23H22FN5O. The summed E-state index contributed by atoms with van der Waals surface area (Å²) in [5, 5.41) is 0. The topological polar surface area (TPSA) is 56.1 Å². The summed E-state index contributed by atoms with van der Waals surface area (Å²) in [6.07, 6.45) is 5.24. The van der Waals surface area contributed by atoms with Crippen LogP contribution in [0.4, 0.5) is 10.2 Å². The molecule has 1 aliphatic rings. The number of morpholine rings is 1. The molecule has 0 aliphatic carbocycles. The third-order valence-electron chi connectivity index (χ3n) is 5.47. The Balaban J connectivity index is 1.68. The van der Waals surface area contributed by atoms with E-state index in [0.717, 1.165) is 46.6 Å². The number of hydrogen-bond donors (Lipinski definition) is 0. The van der Waals surface area contributed by atoms with Crippen LogP contribution in [0.1, 0.15) is 11.1 Å². The summed E-state index contributed by atoms with van der Waals surface area (Å²) < 4.78 is 22.2. The first kappa shape index (κ1) is 18.7. The molecule has 1 saturated heterocycles. The summed E-state index contributed by atoms with van der Waals surface area (Å²) in [6.45, 7) is 6.97. The number of aromatic nitrogens is 4. The Labute approximate surface area is 174 Å². The van der Waals surface area contributed by atoms with Crippen molar-refractivity contribution in [1.82, 2.24) is 19.5 Å². The molecule has 152 valence electrons. The third kappa shape index (κ3) is 3.21. The molecule has 3 aromatic heterocycles. The van der Waals surface area contributed by atoms with Crippen LogP contribution in [-0.2, 0) is 4.74 Å². The number of halogens is 1. The maximum absolute atomic E-state index is 14.9. The Kier molecular flexibility index (Phi) is 4.67. The Hall–Kier alpha value is -3.32. The molecule has 0 amide bonds. The van der Waals surface area contributed by atoms with Gasteiger partial charge in [0.1, 0.15) is 17.5 Å². The Morgan fingerprint density at radius 1 is 1.03 bits per heavy atom. The van der Waals surface area contributed by atoms with E-state index in [1.54, 1.807) is 18.5 Å². The van der Waals surface area contributed by atoms with Crippen molar-refractivity contribution in [3.8, 4) is 17.1 Å². The zero-order valence-electron chi connectivity index (χ0n) is 17.0. The van der Waals surface area contributed by atoms with Crippen LogP contribution in [0.5, 0.6) is 0 Å². The summed E-state index contributed by atoms with van der Waals surface area (Å²) in [6, 6.07) is 9.12. The lowest BCUT2D eigenvalue weighted by Crippen LogP contribution is -2.36. The Morgan fingerprint density at radius 2 is 1.87 bits per heavy atom. The molecular weight excluding hydrogens is 381 g/mol. The van der Waals surface area contributed by atoms with E-state index in [9.17, 15) is 4.39 Å². The number of anilines is 1. The monoisotopic (exact) mass is 403 g/mol. The van der Waals surface area contributed by atoms with Crippen LogP contribution in [0.15, 0.2) is 48.9 Å². The van der Waals surface area contributed by atoms with Gasteiger partial charge in [-0.1, -0.05) is 6.07 Å². The van der Waals surface area contributed by atoms with Crippen LogP contribution in [0.2, 0.25) is 0 Å². The number of fused-ring (bicyclic) bond motifs is 1. The second-order valence-corrected chi connectivity index (χ2v) is 7.55. The van der Waals surface area contributed by atoms with Crippen molar-refractivity contribution in [3.63, 3.8) is 0 Å². The van der Waals surface area contributed by atoms with E-state index < -0.39 is 0 Å². The van der Waals surface area contributed by atoms with Crippen molar-refractivity contribution in [2.45, 2.75) is 13.8 Å². The highest BCUT2D eigenvalue weighted by Crippen LogP contribution is 2.32. The fraction of sp³-hybridized carbons (Fsp3) is 0.261. The van der Waals surface area contributed by atoms with Gasteiger partial charge >= 0.3 is 0 Å². The van der Waals surface area contributed by atoms with Crippen molar-refractivity contribution in [2.24, 2.45) is 0 Å². The molecule has 1 aromatic carbocycles. The zero-order valence-corrected chi connectivity index (χ0v) is 17.0. The number of ether oxygens (including phenoxy) is 1. The summed E-state index contributed by atoms with van der Waals surface area (Å²) in [5.74, 6) is 1.28. The molecule has 1 aliphatic heterocycles. The van der Waals surface area contributed by atoms with E-state index in [2.05, 4.69) is 20.9 Å². The van der Waals surface area contributed by atoms with Gasteiger partial charge in [-0.15, -0.1) is 0 Å². The minimum atomic E-state index is -0.296. The first-order valence-electron chi connectivity index (χ1n) is 10.0. The van der Waals surface area contributed by atoms with Gasteiger partial charge in [0, 0.05) is 31.0 Å². The predicted octanol–water partition coefficient (Wildman–Crippen LogP) is 4.08. The van der Waals surface area contributed by atoms with Crippen LogP contribution in [0.25, 0.3) is 28.1 Å². The second kappa shape index (κ2) is 7.50. The number of aryl methyl sites for hydroxylation is 2. The fourth-order valence-electron chi connectivity index (χ4n) is 3.88. The van der Waals surface area contributed by atoms with E-state index in [-0.39, 0.29) is 5.82 Å². The molecule has 0 unspecified atom stereocenters. The number of imidazole rings is 1. The standard InChI is InChI=1S/C23H22FN5O/c1-15-3-4-20(18(24)11-15)29-21-14-25-6-5-19(21)27-23(29)17-13-26-22(12-16(17)2)28-7-9-30-10-8-28/h3-6,11-14H,7-10H2,1-2H3. The van der Waals surface area contributed by atoms with Gasteiger partial charge in [0.15, 0.2) is 0 Å². The first-order valence-corrected chi connectivity index (χ1v) is 10.0. The molecule has 5 rings (SSSR count). The predicted molar refractivity (Wildman–Crippen MR) is 115 cm³/mol. The fourth-order valence-corrected chi connectivity index (χ4v) is 3.88. The molecule has 0 N–H and O–H groups in total. The minimum absolute atomic E-state index is 0.296. The van der Waals surface area contributed by atoms with Crippen molar-refractivity contribution in [3.05, 3.63) is 65.9 Å². The molecule has 0 spiro atoms. The second-order valence-electron chi connectivity index (χ2n) is 7.55. The van der Waals surface area contributed by atoms with Crippen molar-refractivity contribution in [2.75, 3.05) is 31.2 Å². The molecule has 7 heteroatoms. The van der Waals surface area contributed by atoms with Crippen LogP contribution < -0.4 is 4.90 Å². The summed E-state index contributed by atoms with van der Waals surface area (Å²) in [7, 11) is 0. The highest BCUT2D eigenvalue weighted by molar-refractivity contribution is 5.83. The smallest absolute Gasteiger partial charge is 0.147 e. The average molecular weight is 403 g/mol. The quantitative estimate of drug-likeness (QED) is 0.516. The largest absolute Gasteiger partial charge is 0.378 e. The lowest BCUT2D eigenvalue weighted by molar-refractivity contribution is 0.122. The van der Waals surface area contributed by atoms with Gasteiger partial charge in [-0.25, -0.2) is 14.4 Å².